The maximum atomic E-state index is 12.0. The summed E-state index contributed by atoms with van der Waals surface area (Å²) in [6.45, 7) is 3.21. The monoisotopic (exact) mass is 355 g/mol. The molecule has 1 aromatic rings. The number of carbonyl (C=O) groups excluding carboxylic acids is 1. The van der Waals surface area contributed by atoms with Gasteiger partial charge in [-0.25, -0.2) is 9.59 Å². The molecule has 0 aliphatic rings. The van der Waals surface area contributed by atoms with Gasteiger partial charge in [-0.1, -0.05) is 0 Å². The second kappa shape index (κ2) is 7.84. The number of hydrogen-bond acceptors (Lipinski definition) is 7. The maximum absolute atomic E-state index is 12.0. The fourth-order valence-corrected chi connectivity index (χ4v) is 2.33. The quantitative estimate of drug-likeness (QED) is 0.451. The lowest BCUT2D eigenvalue weighted by Crippen LogP contribution is -2.57. The third-order valence-corrected chi connectivity index (χ3v) is 3.80. The van der Waals surface area contributed by atoms with Crippen LogP contribution in [-0.4, -0.2) is 47.9 Å². The van der Waals surface area contributed by atoms with Crippen molar-refractivity contribution in [2.45, 2.75) is 32.4 Å². The van der Waals surface area contributed by atoms with Crippen LogP contribution in [0.3, 0.4) is 0 Å². The van der Waals surface area contributed by atoms with E-state index in [4.69, 9.17) is 30.2 Å². The molecular formula is C16H21NO8. The van der Waals surface area contributed by atoms with Gasteiger partial charge >= 0.3 is 17.9 Å². The van der Waals surface area contributed by atoms with Crippen molar-refractivity contribution in [3.05, 3.63) is 22.8 Å². The van der Waals surface area contributed by atoms with Gasteiger partial charge in [0.1, 0.15) is 18.1 Å². The lowest BCUT2D eigenvalue weighted by molar-refractivity contribution is -0.165. The van der Waals surface area contributed by atoms with Crippen molar-refractivity contribution in [2.24, 2.45) is 5.73 Å². The standard InChI is InChI=1S/C16H21NO8/c1-8-10(5-11(23-3)9(2)13(8)24-4)7-25-15(22)16(17,14(20)21)6-12(18)19/h5H,6-7,17H2,1-4H3,(H,18,19)(H,20,21). The highest BCUT2D eigenvalue weighted by molar-refractivity contribution is 6.06. The molecule has 0 radical (unpaired) electrons. The maximum Gasteiger partial charge on any atom is 0.338 e. The van der Waals surface area contributed by atoms with E-state index in [-0.39, 0.29) is 6.61 Å². The molecule has 9 nitrogen and oxygen atoms in total. The Bertz CT molecular complexity index is 700. The van der Waals surface area contributed by atoms with E-state index in [9.17, 15) is 14.4 Å². The van der Waals surface area contributed by atoms with Crippen molar-refractivity contribution in [1.82, 2.24) is 0 Å². The Hall–Kier alpha value is -2.81. The smallest absolute Gasteiger partial charge is 0.338 e. The number of carboxylic acids is 2. The molecule has 1 aromatic carbocycles. The second-order valence-electron chi connectivity index (χ2n) is 5.44. The Kier molecular flexibility index (Phi) is 6.35. The highest BCUT2D eigenvalue weighted by atomic mass is 16.5. The first-order valence-electron chi connectivity index (χ1n) is 7.20. The zero-order chi connectivity index (χ0) is 19.4. The van der Waals surface area contributed by atoms with Crippen molar-refractivity contribution in [1.29, 1.82) is 0 Å². The van der Waals surface area contributed by atoms with Crippen molar-refractivity contribution in [2.75, 3.05) is 14.2 Å². The zero-order valence-corrected chi connectivity index (χ0v) is 14.4. The van der Waals surface area contributed by atoms with Gasteiger partial charge in [0, 0.05) is 5.56 Å². The van der Waals surface area contributed by atoms with E-state index in [1.807, 2.05) is 0 Å². The van der Waals surface area contributed by atoms with Gasteiger partial charge in [-0.05, 0) is 31.0 Å². The SMILES string of the molecule is COc1cc(COC(=O)C(N)(CC(=O)O)C(=O)O)c(C)c(OC)c1C. The summed E-state index contributed by atoms with van der Waals surface area (Å²) in [6, 6.07) is 1.62. The molecule has 0 aromatic heterocycles. The molecule has 0 spiro atoms. The average Bonchev–Trinajstić information content (AvgIpc) is 2.53. The first-order valence-corrected chi connectivity index (χ1v) is 7.20. The van der Waals surface area contributed by atoms with Gasteiger partial charge in [0.25, 0.3) is 0 Å². The molecule has 25 heavy (non-hydrogen) atoms. The number of ether oxygens (including phenoxy) is 3. The molecule has 0 bridgehead atoms. The summed E-state index contributed by atoms with van der Waals surface area (Å²) in [6.07, 6.45) is -1.10. The minimum absolute atomic E-state index is 0.316. The lowest BCUT2D eigenvalue weighted by Gasteiger charge is -2.22. The van der Waals surface area contributed by atoms with Gasteiger partial charge in [-0.2, -0.15) is 0 Å². The molecule has 1 atom stereocenters. The molecule has 0 saturated carbocycles. The fraction of sp³-hybridized carbons (Fsp3) is 0.438. The molecule has 0 aliphatic carbocycles. The molecule has 9 heteroatoms. The van der Waals surface area contributed by atoms with E-state index < -0.39 is 29.9 Å². The van der Waals surface area contributed by atoms with E-state index in [2.05, 4.69) is 0 Å². The van der Waals surface area contributed by atoms with E-state index in [0.717, 1.165) is 5.56 Å². The summed E-state index contributed by atoms with van der Waals surface area (Å²) in [4.78, 5) is 34.0. The number of carboxylic acid groups (broad SMARTS) is 2. The molecule has 1 unspecified atom stereocenters. The highest BCUT2D eigenvalue weighted by Crippen LogP contribution is 2.34. The Morgan fingerprint density at radius 2 is 1.72 bits per heavy atom. The first kappa shape index (κ1) is 20.2. The van der Waals surface area contributed by atoms with E-state index >= 15 is 0 Å². The molecule has 138 valence electrons. The van der Waals surface area contributed by atoms with E-state index in [1.165, 1.54) is 14.2 Å². The van der Waals surface area contributed by atoms with Crippen LogP contribution in [0.5, 0.6) is 11.5 Å². The molecule has 0 saturated heterocycles. The van der Waals surface area contributed by atoms with Crippen LogP contribution in [-0.2, 0) is 25.7 Å². The molecule has 1 rings (SSSR count). The average molecular weight is 355 g/mol. The Morgan fingerprint density at radius 1 is 1.12 bits per heavy atom. The Morgan fingerprint density at radius 3 is 2.16 bits per heavy atom. The third-order valence-electron chi connectivity index (χ3n) is 3.80. The Balaban J connectivity index is 3.10. The molecule has 0 heterocycles. The predicted octanol–water partition coefficient (Wildman–Crippen LogP) is 0.621. The minimum atomic E-state index is -2.67. The Labute approximate surface area is 144 Å². The number of rotatable bonds is 8. The van der Waals surface area contributed by atoms with E-state index in [1.54, 1.807) is 19.9 Å². The molecule has 0 aliphatic heterocycles. The number of hydrogen-bond donors (Lipinski definition) is 3. The van der Waals surface area contributed by atoms with Gasteiger partial charge in [0.05, 0.1) is 20.6 Å². The van der Waals surface area contributed by atoms with E-state index in [0.29, 0.717) is 22.6 Å². The molecule has 4 N–H and O–H groups in total. The highest BCUT2D eigenvalue weighted by Gasteiger charge is 2.46. The van der Waals surface area contributed by atoms with Crippen LogP contribution in [0.4, 0.5) is 0 Å². The van der Waals surface area contributed by atoms with Crippen molar-refractivity contribution < 1.29 is 38.8 Å². The van der Waals surface area contributed by atoms with Crippen LogP contribution in [0.2, 0.25) is 0 Å². The van der Waals surface area contributed by atoms with Gasteiger partial charge in [-0.15, -0.1) is 0 Å². The second-order valence-corrected chi connectivity index (χ2v) is 5.44. The summed E-state index contributed by atoms with van der Waals surface area (Å²) in [7, 11) is 2.95. The summed E-state index contributed by atoms with van der Waals surface area (Å²) in [5, 5.41) is 17.8. The number of aliphatic carboxylic acids is 2. The van der Waals surface area contributed by atoms with Gasteiger partial charge in [0.2, 0.25) is 5.54 Å². The number of nitrogens with two attached hydrogens (primary N) is 1. The van der Waals surface area contributed by atoms with Gasteiger partial charge < -0.3 is 30.2 Å². The van der Waals surface area contributed by atoms with Crippen LogP contribution in [0.15, 0.2) is 6.07 Å². The first-order chi connectivity index (χ1) is 11.6. The van der Waals surface area contributed by atoms with Crippen LogP contribution in [0, 0.1) is 13.8 Å². The third kappa shape index (κ3) is 4.18. The summed E-state index contributed by atoms with van der Waals surface area (Å²) < 4.78 is 15.5. The number of carbonyl (C=O) groups is 3. The number of methoxy groups -OCH3 is 2. The normalized spacial score (nSPS) is 12.8. The topological polar surface area (TPSA) is 145 Å². The van der Waals surface area contributed by atoms with Crippen LogP contribution >= 0.6 is 0 Å². The van der Waals surface area contributed by atoms with Crippen molar-refractivity contribution in [3.8, 4) is 11.5 Å². The van der Waals surface area contributed by atoms with Crippen LogP contribution < -0.4 is 15.2 Å². The van der Waals surface area contributed by atoms with Crippen molar-refractivity contribution >= 4 is 17.9 Å². The summed E-state index contributed by atoms with van der Waals surface area (Å²) >= 11 is 0. The number of esters is 1. The molecular weight excluding hydrogens is 334 g/mol. The molecule has 0 amide bonds. The molecule has 0 fully saturated rings. The van der Waals surface area contributed by atoms with Gasteiger partial charge in [-0.3, -0.25) is 4.79 Å². The minimum Gasteiger partial charge on any atom is -0.496 e. The fourth-order valence-electron chi connectivity index (χ4n) is 2.33. The lowest BCUT2D eigenvalue weighted by atomic mass is 9.97. The van der Waals surface area contributed by atoms with Crippen LogP contribution in [0.1, 0.15) is 23.1 Å². The van der Waals surface area contributed by atoms with Crippen molar-refractivity contribution in [3.63, 3.8) is 0 Å². The predicted molar refractivity (Wildman–Crippen MR) is 85.6 cm³/mol. The summed E-state index contributed by atoms with van der Waals surface area (Å²) in [5.41, 5.74) is 4.68. The summed E-state index contributed by atoms with van der Waals surface area (Å²) in [5.74, 6) is -3.63. The zero-order valence-electron chi connectivity index (χ0n) is 14.4. The van der Waals surface area contributed by atoms with Gasteiger partial charge in [0.15, 0.2) is 0 Å². The largest absolute Gasteiger partial charge is 0.496 e. The number of benzene rings is 1. The van der Waals surface area contributed by atoms with Crippen LogP contribution in [0.25, 0.3) is 0 Å².